The van der Waals surface area contributed by atoms with E-state index >= 15 is 0 Å². The molecule has 0 aliphatic rings. The molecular formula is C12H20N2O4S. The van der Waals surface area contributed by atoms with E-state index in [2.05, 4.69) is 4.72 Å². The highest BCUT2D eigenvalue weighted by Gasteiger charge is 2.16. The summed E-state index contributed by atoms with van der Waals surface area (Å²) < 4.78 is 31.3. The molecule has 108 valence electrons. The molecule has 0 heterocycles. The Labute approximate surface area is 113 Å². The Balaban J connectivity index is 2.66. The standard InChI is InChI=1S/C12H20N2O4S/c1-9-7-10(13)3-4-12(9)19(16,17)14-6-5-11(15)8-18-2/h3-4,7,11,14-15H,5-6,8,13H2,1-2H3. The van der Waals surface area contributed by atoms with E-state index in [4.69, 9.17) is 10.5 Å². The number of methoxy groups -OCH3 is 1. The van der Waals surface area contributed by atoms with Crippen molar-refractivity contribution in [3.63, 3.8) is 0 Å². The van der Waals surface area contributed by atoms with Crippen molar-refractivity contribution in [2.75, 3.05) is 26.0 Å². The third-order valence-corrected chi connectivity index (χ3v) is 4.24. The molecule has 0 spiro atoms. The van der Waals surface area contributed by atoms with Gasteiger partial charge in [-0.05, 0) is 37.1 Å². The van der Waals surface area contributed by atoms with Gasteiger partial charge in [-0.2, -0.15) is 0 Å². The van der Waals surface area contributed by atoms with E-state index in [0.717, 1.165) is 0 Å². The molecule has 1 aromatic carbocycles. The number of aliphatic hydroxyl groups is 1. The van der Waals surface area contributed by atoms with Crippen molar-refractivity contribution in [2.24, 2.45) is 0 Å². The quantitative estimate of drug-likeness (QED) is 0.624. The fourth-order valence-electron chi connectivity index (χ4n) is 1.69. The number of hydrogen-bond acceptors (Lipinski definition) is 5. The van der Waals surface area contributed by atoms with Gasteiger partial charge in [0.15, 0.2) is 0 Å². The largest absolute Gasteiger partial charge is 0.399 e. The molecule has 0 aliphatic heterocycles. The third kappa shape index (κ3) is 4.79. The van der Waals surface area contributed by atoms with Crippen LogP contribution in [0.3, 0.4) is 0 Å². The van der Waals surface area contributed by atoms with Gasteiger partial charge in [0.25, 0.3) is 0 Å². The number of rotatable bonds is 7. The molecule has 0 aromatic heterocycles. The van der Waals surface area contributed by atoms with Gasteiger partial charge in [-0.15, -0.1) is 0 Å². The van der Waals surface area contributed by atoms with E-state index in [0.29, 0.717) is 17.7 Å². The first-order chi connectivity index (χ1) is 8.86. The fraction of sp³-hybridized carbons (Fsp3) is 0.500. The Bertz CT molecular complexity index is 516. The summed E-state index contributed by atoms with van der Waals surface area (Å²) in [6.07, 6.45) is -0.388. The average molecular weight is 288 g/mol. The summed E-state index contributed by atoms with van der Waals surface area (Å²) in [5.41, 5.74) is 6.69. The van der Waals surface area contributed by atoms with E-state index in [1.807, 2.05) is 0 Å². The van der Waals surface area contributed by atoms with Gasteiger partial charge in [0.05, 0.1) is 17.6 Å². The lowest BCUT2D eigenvalue weighted by atomic mass is 10.2. The Morgan fingerprint density at radius 2 is 2.16 bits per heavy atom. The summed E-state index contributed by atoms with van der Waals surface area (Å²) in [4.78, 5) is 0.197. The number of anilines is 1. The van der Waals surface area contributed by atoms with Gasteiger partial charge in [0.1, 0.15) is 0 Å². The number of nitrogens with two attached hydrogens (primary N) is 1. The zero-order valence-corrected chi connectivity index (χ0v) is 11.9. The van der Waals surface area contributed by atoms with Crippen LogP contribution in [0.5, 0.6) is 0 Å². The van der Waals surface area contributed by atoms with Crippen molar-refractivity contribution < 1.29 is 18.3 Å². The van der Waals surface area contributed by atoms with Crippen LogP contribution in [0.4, 0.5) is 5.69 Å². The molecule has 19 heavy (non-hydrogen) atoms. The Hall–Kier alpha value is -1.15. The van der Waals surface area contributed by atoms with Gasteiger partial charge in [-0.1, -0.05) is 0 Å². The highest BCUT2D eigenvalue weighted by Crippen LogP contribution is 2.17. The van der Waals surface area contributed by atoms with Crippen LogP contribution in [0, 0.1) is 6.92 Å². The van der Waals surface area contributed by atoms with Crippen LogP contribution < -0.4 is 10.5 Å². The molecule has 0 amide bonds. The molecule has 6 nitrogen and oxygen atoms in total. The molecular weight excluding hydrogens is 268 g/mol. The Morgan fingerprint density at radius 1 is 1.47 bits per heavy atom. The lowest BCUT2D eigenvalue weighted by Crippen LogP contribution is -2.29. The third-order valence-electron chi connectivity index (χ3n) is 2.62. The lowest BCUT2D eigenvalue weighted by molar-refractivity contribution is 0.0603. The topological polar surface area (TPSA) is 102 Å². The number of nitrogens with one attached hydrogen (secondary N) is 1. The fourth-order valence-corrected chi connectivity index (χ4v) is 2.96. The summed E-state index contributed by atoms with van der Waals surface area (Å²) in [6.45, 7) is 2.02. The van der Waals surface area contributed by atoms with E-state index in [-0.39, 0.29) is 18.0 Å². The van der Waals surface area contributed by atoms with Crippen molar-refractivity contribution in [1.29, 1.82) is 0 Å². The van der Waals surface area contributed by atoms with E-state index in [1.165, 1.54) is 13.2 Å². The first-order valence-electron chi connectivity index (χ1n) is 5.89. The maximum absolute atomic E-state index is 12.0. The minimum atomic E-state index is -3.58. The highest BCUT2D eigenvalue weighted by molar-refractivity contribution is 7.89. The predicted molar refractivity (Wildman–Crippen MR) is 73.3 cm³/mol. The number of aryl methyl sites for hydroxylation is 1. The zero-order valence-electron chi connectivity index (χ0n) is 11.1. The van der Waals surface area contributed by atoms with Crippen LogP contribution in [0.25, 0.3) is 0 Å². The minimum absolute atomic E-state index is 0.149. The summed E-state index contributed by atoms with van der Waals surface area (Å²) in [7, 11) is -2.10. The maximum Gasteiger partial charge on any atom is 0.240 e. The number of aliphatic hydroxyl groups excluding tert-OH is 1. The Morgan fingerprint density at radius 3 is 2.74 bits per heavy atom. The number of benzene rings is 1. The predicted octanol–water partition coefficient (Wildman–Crippen LogP) is 0.253. The van der Waals surface area contributed by atoms with Crippen molar-refractivity contribution in [1.82, 2.24) is 4.72 Å². The van der Waals surface area contributed by atoms with Gasteiger partial charge >= 0.3 is 0 Å². The zero-order chi connectivity index (χ0) is 14.5. The first-order valence-corrected chi connectivity index (χ1v) is 7.38. The smallest absolute Gasteiger partial charge is 0.240 e. The molecule has 0 bridgehead atoms. The summed E-state index contributed by atoms with van der Waals surface area (Å²) in [6, 6.07) is 4.62. The maximum atomic E-state index is 12.0. The lowest BCUT2D eigenvalue weighted by Gasteiger charge is -2.12. The molecule has 1 rings (SSSR count). The van der Waals surface area contributed by atoms with Crippen LogP contribution in [-0.2, 0) is 14.8 Å². The van der Waals surface area contributed by atoms with Gasteiger partial charge in [0.2, 0.25) is 10.0 Å². The van der Waals surface area contributed by atoms with Crippen LogP contribution in [0.2, 0.25) is 0 Å². The Kier molecular flexibility index (Phi) is 5.74. The molecule has 0 saturated heterocycles. The molecule has 1 atom stereocenters. The average Bonchev–Trinajstić information content (AvgIpc) is 2.28. The summed E-state index contributed by atoms with van der Waals surface area (Å²) >= 11 is 0. The van der Waals surface area contributed by atoms with Gasteiger partial charge < -0.3 is 15.6 Å². The highest BCUT2D eigenvalue weighted by atomic mass is 32.2. The summed E-state index contributed by atoms with van der Waals surface area (Å²) in [5.74, 6) is 0. The van der Waals surface area contributed by atoms with Crippen molar-refractivity contribution in [3.8, 4) is 0 Å². The van der Waals surface area contributed by atoms with Crippen molar-refractivity contribution in [3.05, 3.63) is 23.8 Å². The first kappa shape index (κ1) is 15.9. The van der Waals surface area contributed by atoms with E-state index in [1.54, 1.807) is 19.1 Å². The SMILES string of the molecule is COCC(O)CCNS(=O)(=O)c1ccc(N)cc1C. The second-order valence-corrected chi connectivity index (χ2v) is 6.06. The number of ether oxygens (including phenoxy) is 1. The summed E-state index contributed by atoms with van der Waals surface area (Å²) in [5, 5.41) is 9.43. The minimum Gasteiger partial charge on any atom is -0.399 e. The number of sulfonamides is 1. The van der Waals surface area contributed by atoms with Crippen LogP contribution in [0.15, 0.2) is 23.1 Å². The molecule has 0 radical (unpaired) electrons. The molecule has 4 N–H and O–H groups in total. The number of hydrogen-bond donors (Lipinski definition) is 3. The molecule has 0 saturated carbocycles. The van der Waals surface area contributed by atoms with Crippen LogP contribution >= 0.6 is 0 Å². The van der Waals surface area contributed by atoms with Crippen molar-refractivity contribution in [2.45, 2.75) is 24.3 Å². The van der Waals surface area contributed by atoms with Gasteiger partial charge in [0, 0.05) is 19.3 Å². The van der Waals surface area contributed by atoms with Gasteiger partial charge in [-0.3, -0.25) is 0 Å². The monoisotopic (exact) mass is 288 g/mol. The molecule has 1 unspecified atom stereocenters. The van der Waals surface area contributed by atoms with Crippen LogP contribution in [0.1, 0.15) is 12.0 Å². The normalized spacial score (nSPS) is 13.4. The molecule has 0 aliphatic carbocycles. The molecule has 7 heteroatoms. The molecule has 0 fully saturated rings. The van der Waals surface area contributed by atoms with Crippen molar-refractivity contribution >= 4 is 15.7 Å². The van der Waals surface area contributed by atoms with Crippen LogP contribution in [-0.4, -0.2) is 39.9 Å². The van der Waals surface area contributed by atoms with E-state index < -0.39 is 16.1 Å². The second kappa shape index (κ2) is 6.85. The second-order valence-electron chi connectivity index (χ2n) is 4.32. The molecule has 1 aromatic rings. The van der Waals surface area contributed by atoms with E-state index in [9.17, 15) is 13.5 Å². The number of nitrogen functional groups attached to an aromatic ring is 1. The van der Waals surface area contributed by atoms with Gasteiger partial charge in [-0.25, -0.2) is 13.1 Å².